The molecule has 2 nitrogen and oxygen atoms in total. The van der Waals surface area contributed by atoms with Crippen LogP contribution in [0.25, 0.3) is 11.4 Å². The number of hydrogen-bond acceptors (Lipinski definition) is 1. The molecule has 15 heavy (non-hydrogen) atoms. The Balaban J connectivity index is 2.25. The number of nitrogens with zero attached hydrogens (tertiary/aromatic N) is 2. The molecule has 0 unspecified atom stereocenters. The van der Waals surface area contributed by atoms with Gasteiger partial charge in [0.15, 0.2) is 0 Å². The van der Waals surface area contributed by atoms with Gasteiger partial charge in [0.25, 0.3) is 0 Å². The third kappa shape index (κ3) is 2.48. The third-order valence-corrected chi connectivity index (χ3v) is 2.84. The average Bonchev–Trinajstić information content (AvgIpc) is 2.75. The minimum absolute atomic E-state index is 1.01. The Morgan fingerprint density at radius 3 is 2.73 bits per heavy atom. The third-order valence-electron chi connectivity index (χ3n) is 2.28. The van der Waals surface area contributed by atoms with Gasteiger partial charge in [0.05, 0.1) is 0 Å². The summed E-state index contributed by atoms with van der Waals surface area (Å²) in [7, 11) is 0. The lowest BCUT2D eigenvalue weighted by atomic mass is 10.2. The Bertz CT molecular complexity index is 409. The summed E-state index contributed by atoms with van der Waals surface area (Å²) in [6.07, 6.45) is 5.01. The van der Waals surface area contributed by atoms with Crippen LogP contribution in [0.15, 0.2) is 42.7 Å². The van der Waals surface area contributed by atoms with Crippen LogP contribution in [0.4, 0.5) is 0 Å². The standard InChI is InChI=1S/C12H13BrN2/c13-7-4-9-15-10-8-14-12(15)11-5-2-1-3-6-11/h1-3,5-6,8,10H,4,7,9H2. The van der Waals surface area contributed by atoms with Crippen molar-refractivity contribution in [2.24, 2.45) is 0 Å². The SMILES string of the molecule is BrCCCn1ccnc1-c1ccccc1. The van der Waals surface area contributed by atoms with E-state index in [2.05, 4.69) is 37.6 Å². The molecule has 0 fully saturated rings. The van der Waals surface area contributed by atoms with E-state index in [0.29, 0.717) is 0 Å². The number of alkyl halides is 1. The number of hydrogen-bond donors (Lipinski definition) is 0. The van der Waals surface area contributed by atoms with Gasteiger partial charge in [0.1, 0.15) is 5.82 Å². The molecule has 0 aliphatic carbocycles. The number of aromatic nitrogens is 2. The fraction of sp³-hybridized carbons (Fsp3) is 0.250. The largest absolute Gasteiger partial charge is 0.331 e. The highest BCUT2D eigenvalue weighted by atomic mass is 79.9. The predicted octanol–water partition coefficient (Wildman–Crippen LogP) is 3.34. The monoisotopic (exact) mass is 264 g/mol. The van der Waals surface area contributed by atoms with E-state index >= 15 is 0 Å². The van der Waals surface area contributed by atoms with Gasteiger partial charge in [0, 0.05) is 29.8 Å². The van der Waals surface area contributed by atoms with Crippen molar-refractivity contribution in [1.29, 1.82) is 0 Å². The van der Waals surface area contributed by atoms with E-state index < -0.39 is 0 Å². The molecule has 1 aromatic carbocycles. The van der Waals surface area contributed by atoms with Gasteiger partial charge >= 0.3 is 0 Å². The first-order valence-corrected chi connectivity index (χ1v) is 6.16. The van der Waals surface area contributed by atoms with E-state index in [1.165, 1.54) is 5.56 Å². The highest BCUT2D eigenvalue weighted by molar-refractivity contribution is 9.09. The second-order valence-corrected chi connectivity index (χ2v) is 4.15. The van der Waals surface area contributed by atoms with Crippen LogP contribution in [0.2, 0.25) is 0 Å². The van der Waals surface area contributed by atoms with Gasteiger partial charge in [-0.3, -0.25) is 0 Å². The maximum atomic E-state index is 4.39. The number of benzene rings is 1. The Labute approximate surface area is 98.1 Å². The van der Waals surface area contributed by atoms with Gasteiger partial charge in [-0.05, 0) is 6.42 Å². The molecule has 0 radical (unpaired) electrons. The molecule has 0 aliphatic rings. The van der Waals surface area contributed by atoms with E-state index in [4.69, 9.17) is 0 Å². The summed E-state index contributed by atoms with van der Waals surface area (Å²) < 4.78 is 2.19. The fourth-order valence-electron chi connectivity index (χ4n) is 1.57. The molecule has 0 amide bonds. The van der Waals surface area contributed by atoms with E-state index in [-0.39, 0.29) is 0 Å². The minimum atomic E-state index is 1.01. The molecular formula is C12H13BrN2. The van der Waals surface area contributed by atoms with Crippen LogP contribution in [0, 0.1) is 0 Å². The molecule has 0 saturated heterocycles. The molecule has 3 heteroatoms. The molecule has 2 rings (SSSR count). The minimum Gasteiger partial charge on any atom is -0.331 e. The van der Waals surface area contributed by atoms with Crippen molar-refractivity contribution in [3.8, 4) is 11.4 Å². The molecule has 1 aromatic heterocycles. The average molecular weight is 265 g/mol. The molecule has 0 atom stereocenters. The van der Waals surface area contributed by atoms with Crippen molar-refractivity contribution < 1.29 is 0 Å². The summed E-state index contributed by atoms with van der Waals surface area (Å²) >= 11 is 3.44. The van der Waals surface area contributed by atoms with Gasteiger partial charge in [-0.15, -0.1) is 0 Å². The van der Waals surface area contributed by atoms with Crippen molar-refractivity contribution in [1.82, 2.24) is 9.55 Å². The Morgan fingerprint density at radius 2 is 2.00 bits per heavy atom. The van der Waals surface area contributed by atoms with Crippen LogP contribution in [0.5, 0.6) is 0 Å². The summed E-state index contributed by atoms with van der Waals surface area (Å²) in [6.45, 7) is 1.01. The van der Waals surface area contributed by atoms with E-state index in [1.54, 1.807) is 0 Å². The summed E-state index contributed by atoms with van der Waals surface area (Å²) in [6, 6.07) is 10.3. The normalized spacial score (nSPS) is 10.5. The van der Waals surface area contributed by atoms with Crippen LogP contribution in [-0.4, -0.2) is 14.9 Å². The van der Waals surface area contributed by atoms with E-state index in [9.17, 15) is 0 Å². The molecule has 0 N–H and O–H groups in total. The van der Waals surface area contributed by atoms with Crippen LogP contribution >= 0.6 is 15.9 Å². The van der Waals surface area contributed by atoms with Gasteiger partial charge in [-0.2, -0.15) is 0 Å². The lowest BCUT2D eigenvalue weighted by Gasteiger charge is -2.06. The molecule has 0 saturated carbocycles. The zero-order chi connectivity index (χ0) is 10.5. The highest BCUT2D eigenvalue weighted by Gasteiger charge is 2.03. The molecule has 2 aromatic rings. The van der Waals surface area contributed by atoms with E-state index in [1.807, 2.05) is 30.6 Å². The second-order valence-electron chi connectivity index (χ2n) is 3.35. The maximum Gasteiger partial charge on any atom is 0.139 e. The lowest BCUT2D eigenvalue weighted by molar-refractivity contribution is 0.692. The number of rotatable bonds is 4. The van der Waals surface area contributed by atoms with Crippen LogP contribution < -0.4 is 0 Å². The maximum absolute atomic E-state index is 4.39. The van der Waals surface area contributed by atoms with E-state index in [0.717, 1.165) is 24.1 Å². The molecule has 0 spiro atoms. The van der Waals surface area contributed by atoms with Gasteiger partial charge in [0.2, 0.25) is 0 Å². The summed E-state index contributed by atoms with van der Waals surface area (Å²) in [4.78, 5) is 4.39. The van der Waals surface area contributed by atoms with Crippen molar-refractivity contribution in [3.05, 3.63) is 42.7 Å². The molecule has 1 heterocycles. The summed E-state index contributed by atoms with van der Waals surface area (Å²) in [5, 5.41) is 1.03. The molecule has 78 valence electrons. The number of aryl methyl sites for hydroxylation is 1. The lowest BCUT2D eigenvalue weighted by Crippen LogP contribution is -1.99. The van der Waals surface area contributed by atoms with Crippen molar-refractivity contribution >= 4 is 15.9 Å². The molecule has 0 aliphatic heterocycles. The first kappa shape index (κ1) is 10.4. The highest BCUT2D eigenvalue weighted by Crippen LogP contribution is 2.16. The van der Waals surface area contributed by atoms with Crippen LogP contribution in [0.1, 0.15) is 6.42 Å². The number of imidazole rings is 1. The van der Waals surface area contributed by atoms with Gasteiger partial charge < -0.3 is 4.57 Å². The smallest absolute Gasteiger partial charge is 0.139 e. The zero-order valence-electron chi connectivity index (χ0n) is 8.44. The molecule has 0 bridgehead atoms. The summed E-state index contributed by atoms with van der Waals surface area (Å²) in [5.41, 5.74) is 1.18. The molecular weight excluding hydrogens is 252 g/mol. The predicted molar refractivity (Wildman–Crippen MR) is 66.1 cm³/mol. The topological polar surface area (TPSA) is 17.8 Å². The number of halogens is 1. The fourth-order valence-corrected chi connectivity index (χ4v) is 1.82. The van der Waals surface area contributed by atoms with Gasteiger partial charge in [-0.25, -0.2) is 4.98 Å². The first-order valence-electron chi connectivity index (χ1n) is 5.04. The zero-order valence-corrected chi connectivity index (χ0v) is 10.0. The Kier molecular flexibility index (Phi) is 3.56. The van der Waals surface area contributed by atoms with Crippen molar-refractivity contribution in [3.63, 3.8) is 0 Å². The second kappa shape index (κ2) is 5.12. The van der Waals surface area contributed by atoms with Gasteiger partial charge in [-0.1, -0.05) is 46.3 Å². The Morgan fingerprint density at radius 1 is 1.20 bits per heavy atom. The van der Waals surface area contributed by atoms with Crippen LogP contribution in [-0.2, 0) is 6.54 Å². The van der Waals surface area contributed by atoms with Crippen molar-refractivity contribution in [2.75, 3.05) is 5.33 Å². The first-order chi connectivity index (χ1) is 7.42. The quantitative estimate of drug-likeness (QED) is 0.775. The van der Waals surface area contributed by atoms with Crippen molar-refractivity contribution in [2.45, 2.75) is 13.0 Å². The summed E-state index contributed by atoms with van der Waals surface area (Å²) in [5.74, 6) is 1.05. The van der Waals surface area contributed by atoms with Crippen LogP contribution in [0.3, 0.4) is 0 Å². The Hall–Kier alpha value is -1.09.